The Labute approximate surface area is 157 Å². The van der Waals surface area contributed by atoms with Gasteiger partial charge in [-0.2, -0.15) is 0 Å². The third-order valence-corrected chi connectivity index (χ3v) is 5.70. The van der Waals surface area contributed by atoms with Crippen molar-refractivity contribution in [1.29, 1.82) is 0 Å². The van der Waals surface area contributed by atoms with Crippen molar-refractivity contribution >= 4 is 22.4 Å². The van der Waals surface area contributed by atoms with Crippen LogP contribution in [0.25, 0.3) is 11.3 Å². The van der Waals surface area contributed by atoms with Crippen molar-refractivity contribution in [3.05, 3.63) is 34.7 Å². The Balaban J connectivity index is 1.25. The van der Waals surface area contributed by atoms with Crippen LogP contribution in [0.5, 0.6) is 0 Å². The summed E-state index contributed by atoms with van der Waals surface area (Å²) in [6, 6.07) is 6.58. The summed E-state index contributed by atoms with van der Waals surface area (Å²) in [5, 5.41) is 5.51. The predicted molar refractivity (Wildman–Crippen MR) is 103 cm³/mol. The van der Waals surface area contributed by atoms with Crippen molar-refractivity contribution in [3.63, 3.8) is 0 Å². The van der Waals surface area contributed by atoms with Gasteiger partial charge in [0.2, 0.25) is 5.91 Å². The van der Waals surface area contributed by atoms with E-state index in [4.69, 9.17) is 9.47 Å². The molecule has 4 rings (SSSR count). The third-order valence-electron chi connectivity index (χ3n) is 4.95. The SMILES string of the molecule is O=C(CCOCC1CCCO1)Nc1nc(-c2ccc3c(c2)CCC3)cs1. The number of anilines is 1. The second kappa shape index (κ2) is 8.29. The van der Waals surface area contributed by atoms with Gasteiger partial charge in [-0.05, 0) is 49.3 Å². The number of benzene rings is 1. The van der Waals surface area contributed by atoms with Gasteiger partial charge in [-0.15, -0.1) is 11.3 Å². The highest BCUT2D eigenvalue weighted by atomic mass is 32.1. The first-order valence-corrected chi connectivity index (χ1v) is 10.2. The average Bonchev–Trinajstić information content (AvgIpc) is 3.39. The van der Waals surface area contributed by atoms with E-state index in [0.717, 1.165) is 37.1 Å². The number of carbonyl (C=O) groups excluding carboxylic acids is 1. The fourth-order valence-corrected chi connectivity index (χ4v) is 4.27. The predicted octanol–water partition coefficient (Wildman–Crippen LogP) is 3.82. The van der Waals surface area contributed by atoms with Gasteiger partial charge in [-0.3, -0.25) is 4.79 Å². The lowest BCUT2D eigenvalue weighted by Crippen LogP contribution is -2.18. The lowest BCUT2D eigenvalue weighted by Gasteiger charge is -2.09. The van der Waals surface area contributed by atoms with Crippen molar-refractivity contribution in [2.24, 2.45) is 0 Å². The quantitative estimate of drug-likeness (QED) is 0.751. The van der Waals surface area contributed by atoms with E-state index in [0.29, 0.717) is 24.8 Å². The summed E-state index contributed by atoms with van der Waals surface area (Å²) < 4.78 is 11.0. The molecular weight excluding hydrogens is 348 g/mol. The number of hydrogen-bond donors (Lipinski definition) is 1. The van der Waals surface area contributed by atoms with E-state index in [2.05, 4.69) is 28.5 Å². The molecule has 0 saturated carbocycles. The molecule has 26 heavy (non-hydrogen) atoms. The largest absolute Gasteiger partial charge is 0.378 e. The minimum Gasteiger partial charge on any atom is -0.378 e. The zero-order chi connectivity index (χ0) is 17.8. The Kier molecular flexibility index (Phi) is 5.62. The molecule has 1 unspecified atom stereocenters. The van der Waals surface area contributed by atoms with E-state index in [1.807, 2.05) is 5.38 Å². The fourth-order valence-electron chi connectivity index (χ4n) is 3.53. The molecule has 1 aromatic carbocycles. The molecule has 1 amide bonds. The van der Waals surface area contributed by atoms with Crippen molar-refractivity contribution in [3.8, 4) is 11.3 Å². The normalized spacial score (nSPS) is 18.8. The molecule has 1 fully saturated rings. The van der Waals surface area contributed by atoms with Gasteiger partial charge in [0.15, 0.2) is 5.13 Å². The molecule has 0 spiro atoms. The molecule has 138 valence electrons. The zero-order valence-electron chi connectivity index (χ0n) is 14.8. The molecule has 0 bridgehead atoms. The molecule has 2 aromatic rings. The van der Waals surface area contributed by atoms with E-state index in [-0.39, 0.29) is 12.0 Å². The number of aromatic nitrogens is 1. The molecule has 5 nitrogen and oxygen atoms in total. The van der Waals surface area contributed by atoms with Crippen LogP contribution in [0.2, 0.25) is 0 Å². The number of amides is 1. The topological polar surface area (TPSA) is 60.5 Å². The van der Waals surface area contributed by atoms with Gasteiger partial charge in [0.25, 0.3) is 0 Å². The number of aryl methyl sites for hydroxylation is 2. The van der Waals surface area contributed by atoms with Crippen LogP contribution in [0.15, 0.2) is 23.6 Å². The summed E-state index contributed by atoms with van der Waals surface area (Å²) in [5.41, 5.74) is 4.95. The summed E-state index contributed by atoms with van der Waals surface area (Å²) in [6.45, 7) is 1.81. The van der Waals surface area contributed by atoms with Crippen molar-refractivity contribution in [2.75, 3.05) is 25.1 Å². The standard InChI is InChI=1S/C20H24N2O3S/c23-19(8-10-24-12-17-5-2-9-25-17)22-20-21-18(13-26-20)16-7-6-14-3-1-4-15(14)11-16/h6-7,11,13,17H,1-5,8-10,12H2,(H,21,22,23). The zero-order valence-corrected chi connectivity index (χ0v) is 15.6. The lowest BCUT2D eigenvalue weighted by atomic mass is 10.1. The van der Waals surface area contributed by atoms with Crippen LogP contribution in [0.3, 0.4) is 0 Å². The molecule has 1 atom stereocenters. The second-order valence-corrected chi connectivity index (χ2v) is 7.74. The number of thiazole rings is 1. The third kappa shape index (κ3) is 4.31. The minimum absolute atomic E-state index is 0.0628. The van der Waals surface area contributed by atoms with Crippen LogP contribution >= 0.6 is 11.3 Å². The van der Waals surface area contributed by atoms with Crippen LogP contribution in [-0.4, -0.2) is 36.8 Å². The van der Waals surface area contributed by atoms with Gasteiger partial charge in [0.1, 0.15) is 0 Å². The maximum Gasteiger partial charge on any atom is 0.228 e. The second-order valence-electron chi connectivity index (χ2n) is 6.88. The Bertz CT molecular complexity index is 768. The molecule has 0 radical (unpaired) electrons. The molecule has 2 aliphatic rings. The molecule has 1 aliphatic heterocycles. The first kappa shape index (κ1) is 17.6. The molecule has 1 aromatic heterocycles. The maximum atomic E-state index is 12.1. The van der Waals surface area contributed by atoms with Gasteiger partial charge in [-0.25, -0.2) is 4.98 Å². The molecule has 1 saturated heterocycles. The van der Waals surface area contributed by atoms with E-state index in [9.17, 15) is 4.79 Å². The van der Waals surface area contributed by atoms with E-state index in [1.165, 1.54) is 35.3 Å². The minimum atomic E-state index is -0.0628. The summed E-state index contributed by atoms with van der Waals surface area (Å²) in [7, 11) is 0. The highest BCUT2D eigenvalue weighted by molar-refractivity contribution is 7.14. The highest BCUT2D eigenvalue weighted by Crippen LogP contribution is 2.30. The number of fused-ring (bicyclic) bond motifs is 1. The molecule has 1 aliphatic carbocycles. The van der Waals surface area contributed by atoms with Crippen molar-refractivity contribution < 1.29 is 14.3 Å². The number of carbonyl (C=O) groups is 1. The fraction of sp³-hybridized carbons (Fsp3) is 0.500. The average molecular weight is 372 g/mol. The Morgan fingerprint density at radius 2 is 2.23 bits per heavy atom. The Morgan fingerprint density at radius 3 is 3.12 bits per heavy atom. The van der Waals surface area contributed by atoms with Gasteiger partial charge >= 0.3 is 0 Å². The Hall–Kier alpha value is -1.76. The number of nitrogens with zero attached hydrogens (tertiary/aromatic N) is 1. The van der Waals surface area contributed by atoms with Crippen LogP contribution in [0, 0.1) is 0 Å². The summed E-state index contributed by atoms with van der Waals surface area (Å²) >= 11 is 1.46. The highest BCUT2D eigenvalue weighted by Gasteiger charge is 2.16. The molecule has 2 heterocycles. The van der Waals surface area contributed by atoms with Crippen LogP contribution in [0.4, 0.5) is 5.13 Å². The van der Waals surface area contributed by atoms with E-state index < -0.39 is 0 Å². The number of ether oxygens (including phenoxy) is 2. The summed E-state index contributed by atoms with van der Waals surface area (Å²) in [6.07, 6.45) is 6.27. The number of nitrogens with one attached hydrogen (secondary N) is 1. The Morgan fingerprint density at radius 1 is 1.31 bits per heavy atom. The van der Waals surface area contributed by atoms with Crippen LogP contribution in [-0.2, 0) is 27.1 Å². The smallest absolute Gasteiger partial charge is 0.228 e. The number of hydrogen-bond acceptors (Lipinski definition) is 5. The first-order valence-electron chi connectivity index (χ1n) is 9.35. The van der Waals surface area contributed by atoms with Crippen LogP contribution < -0.4 is 5.32 Å². The summed E-state index contributed by atoms with van der Waals surface area (Å²) in [5.74, 6) is -0.0628. The van der Waals surface area contributed by atoms with Crippen molar-refractivity contribution in [1.82, 2.24) is 4.98 Å². The van der Waals surface area contributed by atoms with Gasteiger partial charge < -0.3 is 14.8 Å². The monoisotopic (exact) mass is 372 g/mol. The van der Waals surface area contributed by atoms with Gasteiger partial charge in [0, 0.05) is 17.6 Å². The molecular formula is C20H24N2O3S. The van der Waals surface area contributed by atoms with E-state index >= 15 is 0 Å². The molecule has 6 heteroatoms. The maximum absolute atomic E-state index is 12.1. The summed E-state index contributed by atoms with van der Waals surface area (Å²) in [4.78, 5) is 16.6. The van der Waals surface area contributed by atoms with Crippen LogP contribution in [0.1, 0.15) is 36.8 Å². The molecule has 1 N–H and O–H groups in total. The lowest BCUT2D eigenvalue weighted by molar-refractivity contribution is -0.117. The number of rotatable bonds is 7. The van der Waals surface area contributed by atoms with E-state index in [1.54, 1.807) is 0 Å². The first-order chi connectivity index (χ1) is 12.8. The van der Waals surface area contributed by atoms with Crippen molar-refractivity contribution in [2.45, 2.75) is 44.6 Å². The van der Waals surface area contributed by atoms with Gasteiger partial charge in [0.05, 0.1) is 31.4 Å². The van der Waals surface area contributed by atoms with Gasteiger partial charge in [-0.1, -0.05) is 12.1 Å².